The summed E-state index contributed by atoms with van der Waals surface area (Å²) in [4.78, 5) is 16.1. The van der Waals surface area contributed by atoms with E-state index in [1.165, 1.54) is 11.9 Å². The van der Waals surface area contributed by atoms with Crippen molar-refractivity contribution >= 4 is 28.5 Å². The summed E-state index contributed by atoms with van der Waals surface area (Å²) in [6, 6.07) is 11.5. The van der Waals surface area contributed by atoms with Crippen LogP contribution in [-0.4, -0.2) is 47.8 Å². The molecule has 0 saturated carbocycles. The minimum atomic E-state index is 0.432. The highest BCUT2D eigenvalue weighted by Gasteiger charge is 2.08. The van der Waals surface area contributed by atoms with Gasteiger partial charge in [-0.2, -0.15) is 4.98 Å². The van der Waals surface area contributed by atoms with Crippen molar-refractivity contribution in [2.75, 3.05) is 38.5 Å². The predicted molar refractivity (Wildman–Crippen MR) is 120 cm³/mol. The lowest BCUT2D eigenvalue weighted by atomic mass is 10.1. The topological polar surface area (TPSA) is 106 Å². The van der Waals surface area contributed by atoms with E-state index in [2.05, 4.69) is 30.6 Å². The molecule has 0 amide bonds. The Morgan fingerprint density at radius 3 is 2.55 bits per heavy atom. The molecule has 3 N–H and O–H groups in total. The summed E-state index contributed by atoms with van der Waals surface area (Å²) in [6.07, 6.45) is 4.29. The van der Waals surface area contributed by atoms with Crippen LogP contribution in [0.3, 0.4) is 0 Å². The first-order chi connectivity index (χ1) is 15.2. The molecule has 31 heavy (non-hydrogen) atoms. The number of ether oxygens (including phenoxy) is 3. The second-order valence-electron chi connectivity index (χ2n) is 6.73. The van der Waals surface area contributed by atoms with E-state index >= 15 is 0 Å². The average Bonchev–Trinajstić information content (AvgIpc) is 3.21. The molecule has 4 aromatic rings. The molecule has 0 fully saturated rings. The van der Waals surface area contributed by atoms with Crippen LogP contribution >= 0.6 is 0 Å². The van der Waals surface area contributed by atoms with Gasteiger partial charge in [0, 0.05) is 35.4 Å². The summed E-state index contributed by atoms with van der Waals surface area (Å²) in [7, 11) is 4.86. The summed E-state index contributed by atoms with van der Waals surface area (Å²) >= 11 is 0. The monoisotopic (exact) mass is 420 g/mol. The van der Waals surface area contributed by atoms with Crippen molar-refractivity contribution in [3.05, 3.63) is 54.5 Å². The van der Waals surface area contributed by atoms with E-state index in [-0.39, 0.29) is 0 Å². The average molecular weight is 420 g/mol. The molecule has 0 aliphatic carbocycles. The standard InChI is InChI=1S/C22H24N6O3/c1-29-16-5-6-18-17(11-16)14(12-24-18)8-9-23-21-25-13-26-22(28-21)27-15-4-7-19(30-2)20(10-15)31-3/h4-7,10-13,24H,8-9H2,1-3H3,(H2,23,25,26,27,28). The molecule has 160 valence electrons. The van der Waals surface area contributed by atoms with Gasteiger partial charge in [0.25, 0.3) is 0 Å². The van der Waals surface area contributed by atoms with Crippen LogP contribution in [0.5, 0.6) is 17.2 Å². The van der Waals surface area contributed by atoms with Crippen LogP contribution in [0.1, 0.15) is 5.56 Å². The number of anilines is 3. The number of hydrogen-bond acceptors (Lipinski definition) is 8. The summed E-state index contributed by atoms with van der Waals surface area (Å²) in [5, 5.41) is 7.55. The van der Waals surface area contributed by atoms with Gasteiger partial charge in [-0.1, -0.05) is 0 Å². The van der Waals surface area contributed by atoms with E-state index in [1.54, 1.807) is 21.3 Å². The largest absolute Gasteiger partial charge is 0.497 e. The lowest BCUT2D eigenvalue weighted by Crippen LogP contribution is -2.09. The molecule has 0 radical (unpaired) electrons. The Morgan fingerprint density at radius 2 is 1.74 bits per heavy atom. The zero-order chi connectivity index (χ0) is 21.6. The highest BCUT2D eigenvalue weighted by molar-refractivity contribution is 5.84. The summed E-state index contributed by atoms with van der Waals surface area (Å²) in [5.41, 5.74) is 3.05. The van der Waals surface area contributed by atoms with Gasteiger partial charge < -0.3 is 29.8 Å². The second-order valence-corrected chi connectivity index (χ2v) is 6.73. The predicted octanol–water partition coefficient (Wildman–Crippen LogP) is 3.78. The fourth-order valence-corrected chi connectivity index (χ4v) is 3.29. The third-order valence-electron chi connectivity index (χ3n) is 4.86. The number of aromatic amines is 1. The number of rotatable bonds is 9. The Hall–Kier alpha value is -4.01. The van der Waals surface area contributed by atoms with Crippen LogP contribution in [0.25, 0.3) is 10.9 Å². The van der Waals surface area contributed by atoms with Crippen LogP contribution < -0.4 is 24.8 Å². The van der Waals surface area contributed by atoms with E-state index < -0.39 is 0 Å². The number of nitrogens with one attached hydrogen (secondary N) is 3. The van der Waals surface area contributed by atoms with Crippen molar-refractivity contribution in [2.24, 2.45) is 0 Å². The van der Waals surface area contributed by atoms with Gasteiger partial charge in [0.15, 0.2) is 11.5 Å². The maximum atomic E-state index is 5.33. The summed E-state index contributed by atoms with van der Waals surface area (Å²) in [6.45, 7) is 0.671. The third-order valence-corrected chi connectivity index (χ3v) is 4.86. The van der Waals surface area contributed by atoms with E-state index in [0.717, 1.165) is 28.8 Å². The Balaban J connectivity index is 1.40. The maximum Gasteiger partial charge on any atom is 0.231 e. The summed E-state index contributed by atoms with van der Waals surface area (Å²) < 4.78 is 15.9. The Labute approximate surface area is 179 Å². The third kappa shape index (κ3) is 4.61. The first kappa shape index (κ1) is 20.3. The van der Waals surface area contributed by atoms with Gasteiger partial charge in [-0.15, -0.1) is 0 Å². The van der Waals surface area contributed by atoms with Crippen LogP contribution in [0.4, 0.5) is 17.6 Å². The highest BCUT2D eigenvalue weighted by Crippen LogP contribution is 2.30. The fraction of sp³-hybridized carbons (Fsp3) is 0.227. The maximum absolute atomic E-state index is 5.33. The first-order valence-corrected chi connectivity index (χ1v) is 9.76. The van der Waals surface area contributed by atoms with Crippen LogP contribution in [0, 0.1) is 0 Å². The van der Waals surface area contributed by atoms with Gasteiger partial charge in [-0.05, 0) is 42.3 Å². The minimum Gasteiger partial charge on any atom is -0.497 e. The van der Waals surface area contributed by atoms with Crippen molar-refractivity contribution in [1.82, 2.24) is 19.9 Å². The molecule has 9 nitrogen and oxygen atoms in total. The second kappa shape index (κ2) is 9.21. The van der Waals surface area contributed by atoms with Crippen LogP contribution in [-0.2, 0) is 6.42 Å². The normalized spacial score (nSPS) is 10.7. The molecule has 0 spiro atoms. The van der Waals surface area contributed by atoms with E-state index in [4.69, 9.17) is 14.2 Å². The van der Waals surface area contributed by atoms with E-state index in [0.29, 0.717) is 29.9 Å². The van der Waals surface area contributed by atoms with Gasteiger partial charge in [-0.25, -0.2) is 9.97 Å². The van der Waals surface area contributed by atoms with Crippen molar-refractivity contribution in [2.45, 2.75) is 6.42 Å². The zero-order valence-electron chi connectivity index (χ0n) is 17.6. The smallest absolute Gasteiger partial charge is 0.231 e. The Bertz CT molecular complexity index is 1180. The molecule has 0 aliphatic rings. The highest BCUT2D eigenvalue weighted by atomic mass is 16.5. The lowest BCUT2D eigenvalue weighted by molar-refractivity contribution is 0.355. The number of methoxy groups -OCH3 is 3. The van der Waals surface area contributed by atoms with Crippen LogP contribution in [0.2, 0.25) is 0 Å². The molecule has 0 unspecified atom stereocenters. The van der Waals surface area contributed by atoms with Crippen LogP contribution in [0.15, 0.2) is 48.9 Å². The van der Waals surface area contributed by atoms with E-state index in [1.807, 2.05) is 42.6 Å². The van der Waals surface area contributed by atoms with E-state index in [9.17, 15) is 0 Å². The fourth-order valence-electron chi connectivity index (χ4n) is 3.29. The van der Waals surface area contributed by atoms with Crippen molar-refractivity contribution in [3.63, 3.8) is 0 Å². The SMILES string of the molecule is COc1ccc2[nH]cc(CCNc3ncnc(Nc4ccc(OC)c(OC)c4)n3)c2c1. The first-order valence-electron chi connectivity index (χ1n) is 9.76. The number of hydrogen-bond donors (Lipinski definition) is 3. The van der Waals surface area contributed by atoms with Gasteiger partial charge in [0.05, 0.1) is 21.3 Å². The van der Waals surface area contributed by atoms with Crippen molar-refractivity contribution in [1.29, 1.82) is 0 Å². The Morgan fingerprint density at radius 1 is 0.903 bits per heavy atom. The molecule has 2 aromatic heterocycles. The molecule has 0 aliphatic heterocycles. The van der Waals surface area contributed by atoms with Gasteiger partial charge >= 0.3 is 0 Å². The molecule has 0 bridgehead atoms. The minimum absolute atomic E-state index is 0.432. The molecule has 0 saturated heterocycles. The van der Waals surface area contributed by atoms with Gasteiger partial charge in [0.1, 0.15) is 12.1 Å². The van der Waals surface area contributed by atoms with Crippen molar-refractivity contribution < 1.29 is 14.2 Å². The molecule has 2 aromatic carbocycles. The number of aromatic nitrogens is 4. The molecule has 9 heteroatoms. The molecular formula is C22H24N6O3. The van der Waals surface area contributed by atoms with Crippen molar-refractivity contribution in [3.8, 4) is 17.2 Å². The summed E-state index contributed by atoms with van der Waals surface area (Å²) in [5.74, 6) is 3.04. The number of H-pyrrole nitrogens is 1. The molecular weight excluding hydrogens is 396 g/mol. The molecule has 2 heterocycles. The zero-order valence-corrected chi connectivity index (χ0v) is 17.6. The number of nitrogens with zero attached hydrogens (tertiary/aromatic N) is 3. The quantitative estimate of drug-likeness (QED) is 0.376. The van der Waals surface area contributed by atoms with Gasteiger partial charge in [-0.3, -0.25) is 0 Å². The Kier molecular flexibility index (Phi) is 6.02. The molecule has 0 atom stereocenters. The number of benzene rings is 2. The molecule has 4 rings (SSSR count). The lowest BCUT2D eigenvalue weighted by Gasteiger charge is -2.11. The number of fused-ring (bicyclic) bond motifs is 1. The van der Waals surface area contributed by atoms with Gasteiger partial charge in [0.2, 0.25) is 11.9 Å².